The Hall–Kier alpha value is -3.14. The van der Waals surface area contributed by atoms with Gasteiger partial charge in [-0.1, -0.05) is 38.0 Å². The van der Waals surface area contributed by atoms with E-state index in [9.17, 15) is 22.8 Å². The number of benzene rings is 1. The quantitative estimate of drug-likeness (QED) is 0.576. The summed E-state index contributed by atoms with van der Waals surface area (Å²) < 4.78 is 40.2. The van der Waals surface area contributed by atoms with Crippen LogP contribution in [0.2, 0.25) is 0 Å². The first-order valence-electron chi connectivity index (χ1n) is 11.9. The van der Waals surface area contributed by atoms with Crippen LogP contribution < -0.4 is 15.5 Å². The number of halogens is 3. The molecule has 0 radical (unpaired) electrons. The zero-order valence-electron chi connectivity index (χ0n) is 19.9. The molecular weight excluding hydrogens is 459 g/mol. The number of carbonyl (C=O) groups excluding carboxylic acids is 2. The number of rotatable bonds is 7. The van der Waals surface area contributed by atoms with Gasteiger partial charge in [0.05, 0.1) is 16.8 Å². The van der Waals surface area contributed by atoms with E-state index < -0.39 is 17.8 Å². The molecule has 3 heterocycles. The zero-order valence-corrected chi connectivity index (χ0v) is 19.9. The van der Waals surface area contributed by atoms with Crippen LogP contribution in [0.15, 0.2) is 30.5 Å². The number of hydrogen-bond acceptors (Lipinski definition) is 5. The molecule has 0 bridgehead atoms. The second-order valence-electron chi connectivity index (χ2n) is 9.05. The Labute approximate surface area is 202 Å². The highest BCUT2D eigenvalue weighted by molar-refractivity contribution is 6.06. The van der Waals surface area contributed by atoms with Crippen LogP contribution in [-0.2, 0) is 17.5 Å². The third kappa shape index (κ3) is 5.27. The normalized spacial score (nSPS) is 18.0. The van der Waals surface area contributed by atoms with Crippen molar-refractivity contribution in [2.24, 2.45) is 0 Å². The number of hydrogen-bond donors (Lipinski definition) is 2. The number of unbranched alkanes of at least 4 members (excludes halogenated alkanes) is 2. The highest BCUT2D eigenvalue weighted by Gasteiger charge is 2.40. The van der Waals surface area contributed by atoms with Gasteiger partial charge in [0.1, 0.15) is 6.04 Å². The molecule has 2 aromatic rings. The fraction of sp³-hybridized carbons (Fsp3) is 0.480. The Morgan fingerprint density at radius 1 is 1.23 bits per heavy atom. The molecule has 0 saturated carbocycles. The largest absolute Gasteiger partial charge is 0.416 e. The standard InChI is InChI=1S/C25H30F3N5O2/c1-3-4-7-10-29-23(34)18-13-30-22-21(16(18)2)31-24(35)20-15-32(11-12-33(20)22)14-17-8-5-6-9-19(17)25(26,27)28/h5-6,8-9,13,20H,3-4,7,10-12,14-15H2,1-2H3,(H,29,34)(H,31,35). The molecule has 7 nitrogen and oxygen atoms in total. The molecule has 0 spiro atoms. The number of pyridine rings is 1. The van der Waals surface area contributed by atoms with E-state index in [1.165, 1.54) is 18.3 Å². The Balaban J connectivity index is 1.49. The van der Waals surface area contributed by atoms with Crippen molar-refractivity contribution in [3.63, 3.8) is 0 Å². The maximum absolute atomic E-state index is 13.4. The van der Waals surface area contributed by atoms with Gasteiger partial charge in [0.15, 0.2) is 5.82 Å². The van der Waals surface area contributed by atoms with E-state index in [4.69, 9.17) is 0 Å². The minimum Gasteiger partial charge on any atom is -0.352 e. The lowest BCUT2D eigenvalue weighted by Crippen LogP contribution is -2.60. The molecule has 2 N–H and O–H groups in total. The van der Waals surface area contributed by atoms with Gasteiger partial charge in [-0.2, -0.15) is 13.2 Å². The van der Waals surface area contributed by atoms with Crippen molar-refractivity contribution in [2.75, 3.05) is 36.4 Å². The van der Waals surface area contributed by atoms with E-state index in [0.29, 0.717) is 42.3 Å². The van der Waals surface area contributed by atoms with Crippen LogP contribution in [0.4, 0.5) is 24.7 Å². The first-order chi connectivity index (χ1) is 16.7. The van der Waals surface area contributed by atoms with E-state index in [0.717, 1.165) is 25.3 Å². The van der Waals surface area contributed by atoms with Gasteiger partial charge in [-0.15, -0.1) is 0 Å². The maximum atomic E-state index is 13.4. The summed E-state index contributed by atoms with van der Waals surface area (Å²) in [5.41, 5.74) is 1.12. The summed E-state index contributed by atoms with van der Waals surface area (Å²) in [6, 6.07) is 4.96. The van der Waals surface area contributed by atoms with Crippen LogP contribution in [0.25, 0.3) is 0 Å². The predicted octanol–water partition coefficient (Wildman–Crippen LogP) is 3.97. The van der Waals surface area contributed by atoms with Gasteiger partial charge in [0.2, 0.25) is 5.91 Å². The summed E-state index contributed by atoms with van der Waals surface area (Å²) in [4.78, 5) is 33.9. The number of amides is 2. The molecule has 1 saturated heterocycles. The van der Waals surface area contributed by atoms with Crippen LogP contribution in [0, 0.1) is 6.92 Å². The third-order valence-electron chi connectivity index (χ3n) is 6.63. The number of alkyl halides is 3. The van der Waals surface area contributed by atoms with Crippen molar-refractivity contribution in [3.05, 3.63) is 52.7 Å². The van der Waals surface area contributed by atoms with Crippen molar-refractivity contribution in [2.45, 2.75) is 51.9 Å². The zero-order chi connectivity index (χ0) is 25.2. The average Bonchev–Trinajstić information content (AvgIpc) is 2.82. The Kier molecular flexibility index (Phi) is 7.30. The molecule has 188 valence electrons. The smallest absolute Gasteiger partial charge is 0.352 e. The summed E-state index contributed by atoms with van der Waals surface area (Å²) in [5, 5.41) is 5.79. The maximum Gasteiger partial charge on any atom is 0.416 e. The average molecular weight is 490 g/mol. The fourth-order valence-electron chi connectivity index (χ4n) is 4.70. The second-order valence-corrected chi connectivity index (χ2v) is 9.05. The molecule has 10 heteroatoms. The minimum atomic E-state index is -4.43. The Morgan fingerprint density at radius 2 is 2.00 bits per heavy atom. The molecule has 1 fully saturated rings. The molecule has 2 aliphatic heterocycles. The fourth-order valence-corrected chi connectivity index (χ4v) is 4.70. The van der Waals surface area contributed by atoms with Crippen LogP contribution in [0.1, 0.15) is 53.2 Å². The number of anilines is 2. The minimum absolute atomic E-state index is 0.101. The van der Waals surface area contributed by atoms with Crippen molar-refractivity contribution in [1.82, 2.24) is 15.2 Å². The van der Waals surface area contributed by atoms with Crippen LogP contribution in [0.3, 0.4) is 0 Å². The lowest BCUT2D eigenvalue weighted by Gasteiger charge is -2.44. The van der Waals surface area contributed by atoms with Gasteiger partial charge in [0.25, 0.3) is 5.91 Å². The molecule has 1 atom stereocenters. The van der Waals surface area contributed by atoms with E-state index in [1.54, 1.807) is 13.0 Å². The number of carbonyl (C=O) groups is 2. The SMILES string of the molecule is CCCCCNC(=O)c1cnc2c(c1C)NC(=O)C1CN(Cc3ccccc3C(F)(F)F)CCN21. The Morgan fingerprint density at radius 3 is 2.74 bits per heavy atom. The number of piperazine rings is 1. The third-order valence-corrected chi connectivity index (χ3v) is 6.63. The number of aromatic nitrogens is 1. The van der Waals surface area contributed by atoms with E-state index >= 15 is 0 Å². The van der Waals surface area contributed by atoms with Gasteiger partial charge in [-0.05, 0) is 30.5 Å². The van der Waals surface area contributed by atoms with Crippen molar-refractivity contribution in [3.8, 4) is 0 Å². The highest BCUT2D eigenvalue weighted by Crippen LogP contribution is 2.37. The van der Waals surface area contributed by atoms with E-state index in [-0.39, 0.29) is 30.5 Å². The van der Waals surface area contributed by atoms with Crippen LogP contribution in [0.5, 0.6) is 0 Å². The second kappa shape index (κ2) is 10.2. The van der Waals surface area contributed by atoms with E-state index in [2.05, 4.69) is 22.5 Å². The molecule has 35 heavy (non-hydrogen) atoms. The molecule has 0 aliphatic carbocycles. The van der Waals surface area contributed by atoms with Gasteiger partial charge in [0, 0.05) is 38.9 Å². The Bertz CT molecular complexity index is 1100. The summed E-state index contributed by atoms with van der Waals surface area (Å²) in [6.45, 7) is 5.76. The van der Waals surface area contributed by atoms with Gasteiger partial charge in [-0.25, -0.2) is 4.98 Å². The number of nitrogens with zero attached hydrogens (tertiary/aromatic N) is 3. The van der Waals surface area contributed by atoms with Crippen LogP contribution in [-0.4, -0.2) is 53.9 Å². The van der Waals surface area contributed by atoms with Crippen molar-refractivity contribution in [1.29, 1.82) is 0 Å². The lowest BCUT2D eigenvalue weighted by atomic mass is 10.0. The van der Waals surface area contributed by atoms with E-state index in [1.807, 2.05) is 9.80 Å². The molecule has 1 unspecified atom stereocenters. The molecule has 1 aromatic heterocycles. The van der Waals surface area contributed by atoms with Gasteiger partial charge < -0.3 is 15.5 Å². The first kappa shape index (κ1) is 25.0. The first-order valence-corrected chi connectivity index (χ1v) is 11.9. The van der Waals surface area contributed by atoms with Crippen LogP contribution >= 0.6 is 0 Å². The number of fused-ring (bicyclic) bond motifs is 3. The lowest BCUT2D eigenvalue weighted by molar-refractivity contribution is -0.138. The number of nitrogens with one attached hydrogen (secondary N) is 2. The molecule has 4 rings (SSSR count). The molecular formula is C25H30F3N5O2. The van der Waals surface area contributed by atoms with Gasteiger partial charge in [-0.3, -0.25) is 14.5 Å². The highest BCUT2D eigenvalue weighted by atomic mass is 19.4. The molecule has 2 aliphatic rings. The molecule has 1 aromatic carbocycles. The van der Waals surface area contributed by atoms with Gasteiger partial charge >= 0.3 is 6.18 Å². The summed E-state index contributed by atoms with van der Waals surface area (Å²) >= 11 is 0. The summed E-state index contributed by atoms with van der Waals surface area (Å²) in [7, 11) is 0. The van der Waals surface area contributed by atoms with Crippen molar-refractivity contribution >= 4 is 23.3 Å². The predicted molar refractivity (Wildman–Crippen MR) is 127 cm³/mol. The monoisotopic (exact) mass is 489 g/mol. The summed E-state index contributed by atoms with van der Waals surface area (Å²) in [5.74, 6) is 0.111. The summed E-state index contributed by atoms with van der Waals surface area (Å²) in [6.07, 6.45) is 0.0954. The molecule has 2 amide bonds. The van der Waals surface area contributed by atoms with Crippen molar-refractivity contribution < 1.29 is 22.8 Å². The topological polar surface area (TPSA) is 77.6 Å².